The number of nitrogens with zero attached hydrogens (tertiary/aromatic N) is 4. The molecule has 3 aromatic heterocycles. The average Bonchev–Trinajstić information content (AvgIpc) is 3.23. The molecular formula is C18H17N5O2S. The Morgan fingerprint density at radius 2 is 2.04 bits per heavy atom. The van der Waals surface area contributed by atoms with Gasteiger partial charge in [-0.3, -0.25) is 14.6 Å². The van der Waals surface area contributed by atoms with Gasteiger partial charge < -0.3 is 9.88 Å². The molecule has 7 nitrogen and oxygen atoms in total. The lowest BCUT2D eigenvalue weighted by molar-refractivity contribution is 0.0609. The van der Waals surface area contributed by atoms with E-state index in [2.05, 4.69) is 19.9 Å². The van der Waals surface area contributed by atoms with Gasteiger partial charge in [0.25, 0.3) is 11.5 Å². The number of aromatic amines is 1. The molecule has 1 unspecified atom stereocenters. The lowest BCUT2D eigenvalue weighted by atomic mass is 10.0. The number of hydrogen-bond donors (Lipinski definition) is 1. The Balaban J connectivity index is 1.64. The van der Waals surface area contributed by atoms with Crippen LogP contribution in [0.25, 0.3) is 11.4 Å². The fourth-order valence-electron chi connectivity index (χ4n) is 3.19. The van der Waals surface area contributed by atoms with Crippen molar-refractivity contribution < 1.29 is 4.79 Å². The fraction of sp³-hybridized carbons (Fsp3) is 0.278. The number of H-pyrrole nitrogens is 1. The summed E-state index contributed by atoms with van der Waals surface area (Å²) in [5.41, 5.74) is 0.376. The van der Waals surface area contributed by atoms with Crippen molar-refractivity contribution in [3.63, 3.8) is 0 Å². The molecule has 4 heterocycles. The summed E-state index contributed by atoms with van der Waals surface area (Å²) in [6.45, 7) is 0.620. The summed E-state index contributed by atoms with van der Waals surface area (Å²) < 4.78 is 0. The summed E-state index contributed by atoms with van der Waals surface area (Å²) in [4.78, 5) is 42.6. The van der Waals surface area contributed by atoms with Crippen LogP contribution < -0.4 is 5.56 Å². The molecule has 0 aliphatic carbocycles. The van der Waals surface area contributed by atoms with E-state index < -0.39 is 5.56 Å². The van der Waals surface area contributed by atoms with Crippen LogP contribution in [0.1, 0.15) is 40.7 Å². The second-order valence-electron chi connectivity index (χ2n) is 6.09. The number of carbonyl (C=O) groups is 1. The van der Waals surface area contributed by atoms with Crippen molar-refractivity contribution in [1.29, 1.82) is 0 Å². The van der Waals surface area contributed by atoms with Gasteiger partial charge in [0, 0.05) is 42.3 Å². The number of carbonyl (C=O) groups excluding carboxylic acids is 1. The van der Waals surface area contributed by atoms with Crippen molar-refractivity contribution in [2.24, 2.45) is 0 Å². The molecule has 8 heteroatoms. The summed E-state index contributed by atoms with van der Waals surface area (Å²) >= 11 is 1.54. The molecule has 1 fully saturated rings. The highest BCUT2D eigenvalue weighted by atomic mass is 32.1. The van der Waals surface area contributed by atoms with Crippen molar-refractivity contribution >= 4 is 17.2 Å². The summed E-state index contributed by atoms with van der Waals surface area (Å²) in [6.07, 6.45) is 9.19. The largest absolute Gasteiger partial charge is 0.329 e. The minimum absolute atomic E-state index is 0.0614. The Bertz CT molecular complexity index is 955. The summed E-state index contributed by atoms with van der Waals surface area (Å²) in [5.74, 6) is 0.129. The first-order valence-electron chi connectivity index (χ1n) is 8.44. The van der Waals surface area contributed by atoms with Crippen molar-refractivity contribution in [2.45, 2.75) is 25.3 Å². The number of aromatic nitrogens is 4. The maximum atomic E-state index is 13.0. The van der Waals surface area contributed by atoms with Gasteiger partial charge in [-0.2, -0.15) is 0 Å². The zero-order chi connectivity index (χ0) is 17.9. The molecule has 1 aliphatic rings. The highest BCUT2D eigenvalue weighted by molar-refractivity contribution is 7.09. The molecule has 1 amide bonds. The minimum Gasteiger partial charge on any atom is -0.329 e. The molecule has 0 radical (unpaired) electrons. The highest BCUT2D eigenvalue weighted by Crippen LogP contribution is 2.32. The summed E-state index contributed by atoms with van der Waals surface area (Å²) in [7, 11) is 0. The molecular weight excluding hydrogens is 350 g/mol. The number of nitrogens with one attached hydrogen (secondary N) is 1. The highest BCUT2D eigenvalue weighted by Gasteiger charge is 2.31. The van der Waals surface area contributed by atoms with E-state index in [1.165, 1.54) is 17.5 Å². The van der Waals surface area contributed by atoms with Crippen molar-refractivity contribution in [3.8, 4) is 11.4 Å². The van der Waals surface area contributed by atoms with Gasteiger partial charge in [0.2, 0.25) is 0 Å². The molecule has 1 N–H and O–H groups in total. The van der Waals surface area contributed by atoms with Crippen LogP contribution >= 0.6 is 11.3 Å². The van der Waals surface area contributed by atoms with E-state index in [0.29, 0.717) is 12.4 Å². The molecule has 0 saturated carbocycles. The molecule has 0 aromatic carbocycles. The Morgan fingerprint density at radius 1 is 1.19 bits per heavy atom. The molecule has 1 atom stereocenters. The lowest BCUT2D eigenvalue weighted by Gasteiger charge is -2.34. The number of likely N-dealkylation sites (tertiary alicyclic amines) is 1. The van der Waals surface area contributed by atoms with Crippen LogP contribution in [0.3, 0.4) is 0 Å². The quantitative estimate of drug-likeness (QED) is 0.768. The third-order valence-corrected chi connectivity index (χ3v) is 5.36. The average molecular weight is 367 g/mol. The van der Waals surface area contributed by atoms with Gasteiger partial charge in [-0.05, 0) is 31.4 Å². The Kier molecular flexibility index (Phi) is 4.57. The van der Waals surface area contributed by atoms with Crippen LogP contribution in [0, 0.1) is 0 Å². The van der Waals surface area contributed by atoms with Gasteiger partial charge in [-0.15, -0.1) is 11.3 Å². The van der Waals surface area contributed by atoms with Gasteiger partial charge in [-0.25, -0.2) is 9.97 Å². The van der Waals surface area contributed by atoms with Gasteiger partial charge in [-0.1, -0.05) is 0 Å². The van der Waals surface area contributed by atoms with E-state index in [1.54, 1.807) is 35.6 Å². The molecule has 1 saturated heterocycles. The number of rotatable bonds is 3. The van der Waals surface area contributed by atoms with E-state index in [4.69, 9.17) is 0 Å². The standard InChI is InChI=1S/C18H17N5O2S/c24-16-13(11-21-15(22-16)12-4-6-19-7-5-12)18(25)23-9-2-1-3-14(23)17-20-8-10-26-17/h4-8,10-11,14H,1-3,9H2,(H,21,22,24). The Morgan fingerprint density at radius 3 is 2.77 bits per heavy atom. The predicted octanol–water partition coefficient (Wildman–Crippen LogP) is 2.66. The SMILES string of the molecule is O=C(c1cnc(-c2ccncc2)[nH]c1=O)N1CCCCC1c1nccs1. The van der Waals surface area contributed by atoms with Crippen LogP contribution in [-0.4, -0.2) is 37.3 Å². The van der Waals surface area contributed by atoms with Crippen molar-refractivity contribution in [2.75, 3.05) is 6.54 Å². The zero-order valence-electron chi connectivity index (χ0n) is 14.0. The van der Waals surface area contributed by atoms with Crippen molar-refractivity contribution in [3.05, 3.63) is 63.2 Å². The van der Waals surface area contributed by atoms with E-state index in [9.17, 15) is 9.59 Å². The molecule has 0 bridgehead atoms. The van der Waals surface area contributed by atoms with Gasteiger partial charge >= 0.3 is 0 Å². The number of pyridine rings is 1. The number of hydrogen-bond acceptors (Lipinski definition) is 6. The van der Waals surface area contributed by atoms with Crippen LogP contribution in [0.15, 0.2) is 47.1 Å². The fourth-order valence-corrected chi connectivity index (χ4v) is 3.97. The first-order valence-corrected chi connectivity index (χ1v) is 9.32. The van der Waals surface area contributed by atoms with Gasteiger partial charge in [0.05, 0.1) is 6.04 Å². The monoisotopic (exact) mass is 367 g/mol. The maximum absolute atomic E-state index is 13.0. The number of piperidine rings is 1. The van der Waals surface area contributed by atoms with Crippen molar-refractivity contribution in [1.82, 2.24) is 24.8 Å². The van der Waals surface area contributed by atoms with E-state index in [1.807, 2.05) is 5.38 Å². The predicted molar refractivity (Wildman–Crippen MR) is 97.8 cm³/mol. The molecule has 0 spiro atoms. The van der Waals surface area contributed by atoms with Crippen LogP contribution in [0.4, 0.5) is 0 Å². The topological polar surface area (TPSA) is 91.8 Å². The Hall–Kier alpha value is -2.87. The minimum atomic E-state index is -0.430. The normalized spacial score (nSPS) is 17.2. The first kappa shape index (κ1) is 16.6. The summed E-state index contributed by atoms with van der Waals surface area (Å²) in [5, 5.41) is 2.82. The third kappa shape index (κ3) is 3.15. The molecule has 1 aliphatic heterocycles. The number of thiazole rings is 1. The van der Waals surface area contributed by atoms with E-state index >= 15 is 0 Å². The Labute approximate surface area is 153 Å². The first-order chi connectivity index (χ1) is 12.7. The van der Waals surface area contributed by atoms with E-state index in [-0.39, 0.29) is 17.5 Å². The van der Waals surface area contributed by atoms with Gasteiger partial charge in [0.1, 0.15) is 16.4 Å². The summed E-state index contributed by atoms with van der Waals surface area (Å²) in [6, 6.07) is 3.43. The molecule has 26 heavy (non-hydrogen) atoms. The van der Waals surface area contributed by atoms with Crippen LogP contribution in [0.2, 0.25) is 0 Å². The smallest absolute Gasteiger partial charge is 0.264 e. The number of amides is 1. The third-order valence-electron chi connectivity index (χ3n) is 4.48. The second kappa shape index (κ2) is 7.17. The maximum Gasteiger partial charge on any atom is 0.264 e. The lowest BCUT2D eigenvalue weighted by Crippen LogP contribution is -2.40. The zero-order valence-corrected chi connectivity index (χ0v) is 14.8. The molecule has 3 aromatic rings. The molecule has 132 valence electrons. The molecule has 4 rings (SSSR count). The van der Waals surface area contributed by atoms with Gasteiger partial charge in [0.15, 0.2) is 0 Å². The van der Waals surface area contributed by atoms with Crippen LogP contribution in [-0.2, 0) is 0 Å². The van der Waals surface area contributed by atoms with Crippen LogP contribution in [0.5, 0.6) is 0 Å². The van der Waals surface area contributed by atoms with E-state index in [0.717, 1.165) is 29.8 Å². The second-order valence-corrected chi connectivity index (χ2v) is 7.02.